The smallest absolute Gasteiger partial charge is 0.449 e. The van der Waals surface area contributed by atoms with Crippen LogP contribution in [0.2, 0.25) is 0 Å². The Hall–Kier alpha value is -1.29. The summed E-state index contributed by atoms with van der Waals surface area (Å²) in [4.78, 5) is 11.2. The maximum absolute atomic E-state index is 12.5. The van der Waals surface area contributed by atoms with E-state index >= 15 is 0 Å². The van der Waals surface area contributed by atoms with E-state index in [1.54, 1.807) is 12.3 Å². The van der Waals surface area contributed by atoms with E-state index < -0.39 is 36.5 Å². The summed E-state index contributed by atoms with van der Waals surface area (Å²) in [6.45, 7) is 0. The van der Waals surface area contributed by atoms with E-state index in [0.717, 1.165) is 0 Å². The maximum Gasteiger partial charge on any atom is 0.490 e. The molecular formula is C15H20F3NO4S. The van der Waals surface area contributed by atoms with Crippen LogP contribution in [0.5, 0.6) is 0 Å². The molecule has 0 aliphatic heterocycles. The average molecular weight is 367 g/mol. The zero-order chi connectivity index (χ0) is 18.3. The first kappa shape index (κ1) is 20.8. The predicted molar refractivity (Wildman–Crippen MR) is 84.3 cm³/mol. The summed E-state index contributed by atoms with van der Waals surface area (Å²) in [7, 11) is 0. The quantitative estimate of drug-likeness (QED) is 0.605. The number of ether oxygens (including phenoxy) is 1. The van der Waals surface area contributed by atoms with Crippen molar-refractivity contribution in [2.45, 2.75) is 37.0 Å². The minimum Gasteiger partial charge on any atom is -0.449 e. The standard InChI is InChI=1S/C15H20F3NO4S/c1-24-8-7-10(20)12(21)11(19)13(9-5-3-2-4-6-9)23-14(22)15(16,17)18/h2-6,10-13,20-21H,7-8,19H2,1H3/t10-,11+,12+,13?/m1/s1. The van der Waals surface area contributed by atoms with Gasteiger partial charge in [-0.05, 0) is 24.0 Å². The molecule has 0 aliphatic rings. The van der Waals surface area contributed by atoms with Gasteiger partial charge < -0.3 is 20.7 Å². The third-order valence-electron chi connectivity index (χ3n) is 3.35. The minimum atomic E-state index is -5.19. The molecule has 0 saturated heterocycles. The second-order valence-corrected chi connectivity index (χ2v) is 6.14. The lowest BCUT2D eigenvalue weighted by Crippen LogP contribution is -2.48. The van der Waals surface area contributed by atoms with Crippen molar-refractivity contribution in [1.82, 2.24) is 0 Å². The third-order valence-corrected chi connectivity index (χ3v) is 3.99. The van der Waals surface area contributed by atoms with Crippen molar-refractivity contribution >= 4 is 17.7 Å². The number of hydrogen-bond acceptors (Lipinski definition) is 6. The molecule has 136 valence electrons. The SMILES string of the molecule is CSCC[C@@H](O)[C@H](O)[C@H](N)C(OC(=O)C(F)(F)F)c1ccccc1. The van der Waals surface area contributed by atoms with E-state index in [0.29, 0.717) is 5.75 Å². The van der Waals surface area contributed by atoms with Crippen LogP contribution in [0.25, 0.3) is 0 Å². The summed E-state index contributed by atoms with van der Waals surface area (Å²) in [5.74, 6) is -1.87. The molecule has 1 rings (SSSR count). The van der Waals surface area contributed by atoms with Gasteiger partial charge in [0, 0.05) is 0 Å². The van der Waals surface area contributed by atoms with Crippen molar-refractivity contribution in [2.24, 2.45) is 5.73 Å². The number of thioether (sulfide) groups is 1. The van der Waals surface area contributed by atoms with Gasteiger partial charge in [0.15, 0.2) is 0 Å². The molecule has 5 nitrogen and oxygen atoms in total. The summed E-state index contributed by atoms with van der Waals surface area (Å²) in [5.41, 5.74) is 5.99. The zero-order valence-electron chi connectivity index (χ0n) is 12.9. The highest BCUT2D eigenvalue weighted by Gasteiger charge is 2.44. The van der Waals surface area contributed by atoms with Crippen molar-refractivity contribution in [3.63, 3.8) is 0 Å². The molecule has 0 aliphatic carbocycles. The lowest BCUT2D eigenvalue weighted by atomic mass is 9.94. The Labute approximate surface area is 142 Å². The molecule has 0 heterocycles. The largest absolute Gasteiger partial charge is 0.490 e. The van der Waals surface area contributed by atoms with Crippen molar-refractivity contribution in [3.05, 3.63) is 35.9 Å². The van der Waals surface area contributed by atoms with Crippen LogP contribution in [0, 0.1) is 0 Å². The molecule has 1 aromatic carbocycles. The second-order valence-electron chi connectivity index (χ2n) is 5.15. The molecule has 0 aromatic heterocycles. The van der Waals surface area contributed by atoms with Crippen LogP contribution in [-0.2, 0) is 9.53 Å². The zero-order valence-corrected chi connectivity index (χ0v) is 13.8. The number of carbonyl (C=O) groups is 1. The first-order valence-electron chi connectivity index (χ1n) is 7.12. The molecule has 1 unspecified atom stereocenters. The number of rotatable bonds is 8. The van der Waals surface area contributed by atoms with Gasteiger partial charge in [-0.2, -0.15) is 24.9 Å². The van der Waals surface area contributed by atoms with E-state index in [1.165, 1.54) is 36.0 Å². The molecule has 4 N–H and O–H groups in total. The van der Waals surface area contributed by atoms with Gasteiger partial charge in [-0.1, -0.05) is 30.3 Å². The Morgan fingerprint density at radius 2 is 1.88 bits per heavy atom. The number of esters is 1. The monoisotopic (exact) mass is 367 g/mol. The van der Waals surface area contributed by atoms with Gasteiger partial charge in [-0.15, -0.1) is 0 Å². The van der Waals surface area contributed by atoms with E-state index in [4.69, 9.17) is 5.73 Å². The van der Waals surface area contributed by atoms with Crippen LogP contribution in [0.3, 0.4) is 0 Å². The van der Waals surface area contributed by atoms with Crippen molar-refractivity contribution in [1.29, 1.82) is 0 Å². The van der Waals surface area contributed by atoms with E-state index in [2.05, 4.69) is 4.74 Å². The van der Waals surface area contributed by atoms with Crippen LogP contribution >= 0.6 is 11.8 Å². The van der Waals surface area contributed by atoms with Gasteiger partial charge in [0.2, 0.25) is 0 Å². The number of carbonyl (C=O) groups excluding carboxylic acids is 1. The van der Waals surface area contributed by atoms with E-state index in [1.807, 2.05) is 0 Å². The van der Waals surface area contributed by atoms with Crippen LogP contribution in [0.1, 0.15) is 18.1 Å². The highest BCUT2D eigenvalue weighted by Crippen LogP contribution is 2.28. The number of aliphatic hydroxyl groups excluding tert-OH is 2. The number of halogens is 3. The summed E-state index contributed by atoms with van der Waals surface area (Å²) in [6, 6.07) is 6.13. The fourth-order valence-corrected chi connectivity index (χ4v) is 2.52. The Kier molecular flexibility index (Phi) is 8.01. The fraction of sp³-hybridized carbons (Fsp3) is 0.533. The van der Waals surface area contributed by atoms with Crippen LogP contribution in [0.4, 0.5) is 13.2 Å². The van der Waals surface area contributed by atoms with Gasteiger partial charge >= 0.3 is 12.1 Å². The molecule has 0 fully saturated rings. The summed E-state index contributed by atoms with van der Waals surface area (Å²) >= 11 is 1.43. The number of alkyl halides is 3. The molecule has 1 aromatic rings. The summed E-state index contributed by atoms with van der Waals surface area (Å²) < 4.78 is 41.9. The first-order chi connectivity index (χ1) is 11.2. The van der Waals surface area contributed by atoms with Gasteiger partial charge in [0.1, 0.15) is 6.10 Å². The lowest BCUT2D eigenvalue weighted by molar-refractivity contribution is -0.208. The van der Waals surface area contributed by atoms with Crippen molar-refractivity contribution in [3.8, 4) is 0 Å². The number of hydrogen-bond donors (Lipinski definition) is 3. The van der Waals surface area contributed by atoms with Crippen molar-refractivity contribution in [2.75, 3.05) is 12.0 Å². The van der Waals surface area contributed by atoms with Gasteiger partial charge in [0.25, 0.3) is 0 Å². The number of nitrogens with two attached hydrogens (primary N) is 1. The molecule has 0 spiro atoms. The van der Waals surface area contributed by atoms with Crippen LogP contribution < -0.4 is 5.73 Å². The summed E-state index contributed by atoms with van der Waals surface area (Å²) in [5, 5.41) is 20.0. The Morgan fingerprint density at radius 1 is 1.29 bits per heavy atom. The molecule has 0 bridgehead atoms. The highest BCUT2D eigenvalue weighted by molar-refractivity contribution is 7.98. The minimum absolute atomic E-state index is 0.193. The van der Waals surface area contributed by atoms with Gasteiger partial charge in [-0.3, -0.25) is 0 Å². The van der Waals surface area contributed by atoms with Gasteiger partial charge in [-0.25, -0.2) is 4.79 Å². The Morgan fingerprint density at radius 3 is 2.38 bits per heavy atom. The van der Waals surface area contributed by atoms with Crippen LogP contribution in [0.15, 0.2) is 30.3 Å². The molecule has 0 saturated carbocycles. The topological polar surface area (TPSA) is 92.8 Å². The van der Waals surface area contributed by atoms with Gasteiger partial charge in [0.05, 0.1) is 18.2 Å². The normalized spacial score (nSPS) is 17.0. The number of benzene rings is 1. The Bertz CT molecular complexity index is 515. The lowest BCUT2D eigenvalue weighted by Gasteiger charge is -2.30. The molecule has 24 heavy (non-hydrogen) atoms. The summed E-state index contributed by atoms with van der Waals surface area (Å²) in [6.07, 6.45) is -7.53. The first-order valence-corrected chi connectivity index (χ1v) is 8.51. The predicted octanol–water partition coefficient (Wildman–Crippen LogP) is 1.64. The molecule has 9 heteroatoms. The fourth-order valence-electron chi connectivity index (χ4n) is 2.04. The number of aliphatic hydroxyl groups is 2. The molecule has 4 atom stereocenters. The highest BCUT2D eigenvalue weighted by atomic mass is 32.2. The Balaban J connectivity index is 2.98. The third kappa shape index (κ3) is 5.97. The maximum atomic E-state index is 12.5. The molecule has 0 radical (unpaired) electrons. The second kappa shape index (κ2) is 9.26. The molecule has 0 amide bonds. The molecular weight excluding hydrogens is 347 g/mol. The van der Waals surface area contributed by atoms with E-state index in [-0.39, 0.29) is 12.0 Å². The average Bonchev–Trinajstić information content (AvgIpc) is 2.55. The van der Waals surface area contributed by atoms with E-state index in [9.17, 15) is 28.2 Å². The van der Waals surface area contributed by atoms with Crippen LogP contribution in [-0.4, -0.2) is 52.6 Å². The van der Waals surface area contributed by atoms with Crippen molar-refractivity contribution < 1.29 is 32.9 Å².